The van der Waals surface area contributed by atoms with Crippen LogP contribution in [0.5, 0.6) is 0 Å². The molecule has 182 valence electrons. The van der Waals surface area contributed by atoms with Gasteiger partial charge in [0.2, 0.25) is 10.0 Å². The van der Waals surface area contributed by atoms with Crippen LogP contribution in [0.25, 0.3) is 0 Å². The van der Waals surface area contributed by atoms with Crippen molar-refractivity contribution in [1.82, 2.24) is 19.9 Å². The molecule has 1 unspecified atom stereocenters. The van der Waals surface area contributed by atoms with Crippen molar-refractivity contribution in [2.45, 2.75) is 50.6 Å². The highest BCUT2D eigenvalue weighted by molar-refractivity contribution is 8.00. The minimum atomic E-state index is -3.78. The molecule has 1 fully saturated rings. The molecule has 3 atom stereocenters. The third-order valence-corrected chi connectivity index (χ3v) is 9.11. The summed E-state index contributed by atoms with van der Waals surface area (Å²) in [4.78, 5) is 14.9. The first-order valence-electron chi connectivity index (χ1n) is 10.9. The number of nitrogens with zero attached hydrogens (tertiary/aromatic N) is 1. The second kappa shape index (κ2) is 10.0. The monoisotopic (exact) mass is 508 g/mol. The second-order valence-corrected chi connectivity index (χ2v) is 11.2. The van der Waals surface area contributed by atoms with E-state index in [-0.39, 0.29) is 29.4 Å². The number of halogens is 2. The molecule has 0 saturated carbocycles. The molecule has 7 nitrogen and oxygen atoms in total. The lowest BCUT2D eigenvalue weighted by Crippen LogP contribution is -2.44. The van der Waals surface area contributed by atoms with E-state index in [0.29, 0.717) is 18.4 Å². The van der Waals surface area contributed by atoms with E-state index in [2.05, 4.69) is 15.6 Å². The molecule has 3 N–H and O–H groups in total. The van der Waals surface area contributed by atoms with Crippen LogP contribution in [0, 0.1) is 11.6 Å². The average Bonchev–Trinajstić information content (AvgIpc) is 3.34. The molecular weight excluding hydrogens is 482 g/mol. The number of rotatable bonds is 6. The van der Waals surface area contributed by atoms with E-state index in [4.69, 9.17) is 0 Å². The Bertz CT molecular complexity index is 1210. The van der Waals surface area contributed by atoms with Gasteiger partial charge in [0.25, 0.3) is 5.91 Å². The number of carbonyl (C=O) groups is 1. The SMILES string of the molecule is CC(NC(=O)C1=CSNN1)c1cc(F)c(CN2[C@@H](C)CC[C@H](c3ccccc3)S2(=O)=O)cc1F. The molecule has 2 heterocycles. The zero-order valence-electron chi connectivity index (χ0n) is 18.7. The predicted octanol–water partition coefficient (Wildman–Crippen LogP) is 3.79. The molecule has 2 aliphatic rings. The van der Waals surface area contributed by atoms with Gasteiger partial charge in [-0.15, -0.1) is 0 Å². The van der Waals surface area contributed by atoms with Gasteiger partial charge < -0.3 is 10.7 Å². The zero-order chi connectivity index (χ0) is 24.5. The van der Waals surface area contributed by atoms with Crippen molar-refractivity contribution in [2.24, 2.45) is 0 Å². The topological polar surface area (TPSA) is 90.5 Å². The van der Waals surface area contributed by atoms with Gasteiger partial charge in [0.05, 0.1) is 6.04 Å². The van der Waals surface area contributed by atoms with Gasteiger partial charge in [0.15, 0.2) is 0 Å². The molecular formula is C23H26F2N4O3S2. The van der Waals surface area contributed by atoms with Gasteiger partial charge in [0, 0.05) is 29.1 Å². The van der Waals surface area contributed by atoms with Crippen molar-refractivity contribution in [3.05, 3.63) is 81.9 Å². The van der Waals surface area contributed by atoms with Crippen LogP contribution in [0.1, 0.15) is 54.7 Å². The van der Waals surface area contributed by atoms with Crippen molar-refractivity contribution in [1.29, 1.82) is 0 Å². The van der Waals surface area contributed by atoms with Gasteiger partial charge in [-0.2, -0.15) is 9.14 Å². The normalized spacial score (nSPS) is 23.1. The number of hydrogen-bond acceptors (Lipinski definition) is 6. The van der Waals surface area contributed by atoms with Crippen molar-refractivity contribution in [3.63, 3.8) is 0 Å². The predicted molar refractivity (Wildman–Crippen MR) is 127 cm³/mol. The fourth-order valence-corrected chi connectivity index (χ4v) is 6.94. The third kappa shape index (κ3) is 4.97. The highest BCUT2D eigenvalue weighted by atomic mass is 32.2. The van der Waals surface area contributed by atoms with Gasteiger partial charge >= 0.3 is 0 Å². The van der Waals surface area contributed by atoms with E-state index in [1.807, 2.05) is 6.07 Å². The summed E-state index contributed by atoms with van der Waals surface area (Å²) < 4.78 is 58.1. The van der Waals surface area contributed by atoms with E-state index in [9.17, 15) is 17.6 Å². The maximum Gasteiger partial charge on any atom is 0.269 e. The first kappa shape index (κ1) is 24.6. The van der Waals surface area contributed by atoms with E-state index in [1.165, 1.54) is 16.3 Å². The Morgan fingerprint density at radius 3 is 2.62 bits per heavy atom. The number of amides is 1. The quantitative estimate of drug-likeness (QED) is 0.515. The Balaban J connectivity index is 1.55. The van der Waals surface area contributed by atoms with Gasteiger partial charge in [-0.1, -0.05) is 30.3 Å². The summed E-state index contributed by atoms with van der Waals surface area (Å²) in [6, 6.07) is 9.83. The molecule has 11 heteroatoms. The summed E-state index contributed by atoms with van der Waals surface area (Å²) in [5.41, 5.74) is 3.54. The van der Waals surface area contributed by atoms with Crippen LogP contribution in [0.2, 0.25) is 0 Å². The van der Waals surface area contributed by atoms with Crippen LogP contribution in [0.3, 0.4) is 0 Å². The van der Waals surface area contributed by atoms with E-state index < -0.39 is 38.9 Å². The highest BCUT2D eigenvalue weighted by Gasteiger charge is 2.40. The van der Waals surface area contributed by atoms with Gasteiger partial charge in [0.1, 0.15) is 22.6 Å². The summed E-state index contributed by atoms with van der Waals surface area (Å²) in [7, 11) is -3.78. The smallest absolute Gasteiger partial charge is 0.269 e. The van der Waals surface area contributed by atoms with E-state index in [1.54, 1.807) is 43.5 Å². The lowest BCUT2D eigenvalue weighted by molar-refractivity contribution is -0.118. The largest absolute Gasteiger partial charge is 0.344 e. The van der Waals surface area contributed by atoms with Crippen molar-refractivity contribution >= 4 is 27.9 Å². The maximum absolute atomic E-state index is 15.0. The number of benzene rings is 2. The first-order valence-corrected chi connectivity index (χ1v) is 13.3. The molecule has 2 aromatic rings. The molecule has 2 aromatic carbocycles. The third-order valence-electron chi connectivity index (χ3n) is 6.17. The summed E-state index contributed by atoms with van der Waals surface area (Å²) in [6.45, 7) is 3.06. The minimum Gasteiger partial charge on any atom is -0.344 e. The van der Waals surface area contributed by atoms with Crippen molar-refractivity contribution in [2.75, 3.05) is 0 Å². The van der Waals surface area contributed by atoms with Crippen LogP contribution in [0.15, 0.2) is 53.6 Å². The summed E-state index contributed by atoms with van der Waals surface area (Å²) in [6.07, 6.45) is 1.08. The molecule has 34 heavy (non-hydrogen) atoms. The van der Waals surface area contributed by atoms with Crippen LogP contribution < -0.4 is 15.6 Å². The van der Waals surface area contributed by atoms with Crippen LogP contribution >= 0.6 is 11.9 Å². The molecule has 0 aliphatic carbocycles. The molecule has 1 amide bonds. The molecule has 2 aliphatic heterocycles. The zero-order valence-corrected chi connectivity index (χ0v) is 20.3. The van der Waals surface area contributed by atoms with Crippen molar-refractivity contribution < 1.29 is 22.0 Å². The molecule has 0 aromatic heterocycles. The van der Waals surface area contributed by atoms with Gasteiger partial charge in [-0.3, -0.25) is 4.79 Å². The van der Waals surface area contributed by atoms with Crippen LogP contribution in [-0.2, 0) is 21.4 Å². The fraction of sp³-hybridized carbons (Fsp3) is 0.348. The first-order chi connectivity index (χ1) is 16.2. The lowest BCUT2D eigenvalue weighted by atomic mass is 10.0. The molecule has 0 spiro atoms. The Hall–Kier alpha value is -2.47. The molecule has 1 saturated heterocycles. The Morgan fingerprint density at radius 1 is 1.21 bits per heavy atom. The van der Waals surface area contributed by atoms with E-state index in [0.717, 1.165) is 12.1 Å². The number of nitrogens with one attached hydrogen (secondary N) is 3. The Labute approximate surface area is 202 Å². The van der Waals surface area contributed by atoms with Crippen molar-refractivity contribution in [3.8, 4) is 0 Å². The van der Waals surface area contributed by atoms with E-state index >= 15 is 4.39 Å². The molecule has 4 rings (SSSR count). The van der Waals surface area contributed by atoms with Gasteiger partial charge in [-0.25, -0.2) is 17.2 Å². The number of hydrogen-bond donors (Lipinski definition) is 3. The second-order valence-electron chi connectivity index (χ2n) is 8.45. The minimum absolute atomic E-state index is 0.0227. The summed E-state index contributed by atoms with van der Waals surface area (Å²) in [5.74, 6) is -1.90. The summed E-state index contributed by atoms with van der Waals surface area (Å²) >= 11 is 1.18. The number of sulfonamides is 1. The van der Waals surface area contributed by atoms with Crippen LogP contribution in [0.4, 0.5) is 8.78 Å². The Kier molecular flexibility index (Phi) is 7.27. The van der Waals surface area contributed by atoms with Gasteiger partial charge in [-0.05, 0) is 56.3 Å². The summed E-state index contributed by atoms with van der Waals surface area (Å²) in [5, 5.41) is 3.45. The molecule has 0 radical (unpaired) electrons. The maximum atomic E-state index is 15.0. The Morgan fingerprint density at radius 2 is 1.94 bits per heavy atom. The average molecular weight is 509 g/mol. The highest BCUT2D eigenvalue weighted by Crippen LogP contribution is 2.38. The lowest BCUT2D eigenvalue weighted by Gasteiger charge is -2.37. The standard InChI is InChI=1S/C23H26F2N4O3S2/c1-14-8-9-22(16-6-4-3-5-7-16)34(31,32)29(14)12-17-10-20(25)18(11-19(17)24)15(2)26-23(30)21-13-33-28-27-21/h3-7,10-11,13-15,22,27-28H,8-9,12H2,1-2H3,(H,26,30)/t14-,15?,22+/m0/s1. The van der Waals surface area contributed by atoms with Crippen LogP contribution in [-0.4, -0.2) is 24.7 Å². The molecule has 0 bridgehead atoms. The fourth-order valence-electron chi connectivity index (χ4n) is 4.24. The number of hydrazine groups is 1. The number of carbonyl (C=O) groups excluding carboxylic acids is 1.